The zero-order valence-corrected chi connectivity index (χ0v) is 22.1. The Morgan fingerprint density at radius 3 is 2.31 bits per heavy atom. The van der Waals surface area contributed by atoms with E-state index in [0.717, 1.165) is 23.6 Å². The molecule has 0 amide bonds. The van der Waals surface area contributed by atoms with Crippen LogP contribution in [-0.2, 0) is 9.84 Å². The van der Waals surface area contributed by atoms with Gasteiger partial charge in [0, 0.05) is 31.5 Å². The number of anilines is 1. The van der Waals surface area contributed by atoms with Gasteiger partial charge in [-0.05, 0) is 56.7 Å². The van der Waals surface area contributed by atoms with Crippen LogP contribution in [0, 0.1) is 0 Å². The lowest BCUT2D eigenvalue weighted by Crippen LogP contribution is -2.32. The molecule has 32 heavy (non-hydrogen) atoms. The summed E-state index contributed by atoms with van der Waals surface area (Å²) in [6, 6.07) is 17.3. The molecule has 2 aromatic carbocycles. The standard InChI is InChI=1S/C23H33N3O4S.HI/c1-19(2)30-22-13-11-20(12-14-22)26-23(25-16-8-18-31(3,27)28)24-15-7-17-29-21-9-5-4-6-10-21;/h4-6,9-14,19H,7-8,15-18H2,1-3H3,(H2,24,25,26);1H. The predicted octanol–water partition coefficient (Wildman–Crippen LogP) is 4.35. The summed E-state index contributed by atoms with van der Waals surface area (Å²) in [4.78, 5) is 4.59. The van der Waals surface area contributed by atoms with Gasteiger partial charge in [0.2, 0.25) is 0 Å². The van der Waals surface area contributed by atoms with Crippen molar-refractivity contribution in [2.45, 2.75) is 32.8 Å². The van der Waals surface area contributed by atoms with E-state index in [1.54, 1.807) is 0 Å². The maximum atomic E-state index is 11.3. The maximum absolute atomic E-state index is 11.3. The Morgan fingerprint density at radius 1 is 1.00 bits per heavy atom. The summed E-state index contributed by atoms with van der Waals surface area (Å²) in [7, 11) is -2.98. The summed E-state index contributed by atoms with van der Waals surface area (Å²) in [5.41, 5.74) is 0.867. The van der Waals surface area contributed by atoms with Gasteiger partial charge in [-0.15, -0.1) is 24.0 Å². The zero-order valence-electron chi connectivity index (χ0n) is 18.9. The molecule has 0 fully saturated rings. The Balaban J connectivity index is 0.00000512. The number of benzene rings is 2. The van der Waals surface area contributed by atoms with Gasteiger partial charge in [-0.2, -0.15) is 0 Å². The summed E-state index contributed by atoms with van der Waals surface area (Å²) in [5.74, 6) is 2.38. The molecule has 0 radical (unpaired) electrons. The van der Waals surface area contributed by atoms with Crippen LogP contribution in [0.4, 0.5) is 5.69 Å². The first-order chi connectivity index (χ1) is 14.8. The minimum absolute atomic E-state index is 0. The number of hydrogen-bond donors (Lipinski definition) is 2. The van der Waals surface area contributed by atoms with Crippen LogP contribution < -0.4 is 20.1 Å². The quantitative estimate of drug-likeness (QED) is 0.169. The fraction of sp³-hybridized carbons (Fsp3) is 0.435. The molecule has 0 saturated heterocycles. The number of sulfone groups is 1. The average Bonchev–Trinajstić information content (AvgIpc) is 2.71. The Bertz CT molecular complexity index is 905. The smallest absolute Gasteiger partial charge is 0.195 e. The zero-order chi connectivity index (χ0) is 22.5. The molecular weight excluding hydrogens is 541 g/mol. The van der Waals surface area contributed by atoms with Crippen LogP contribution in [-0.4, -0.2) is 52.2 Å². The van der Waals surface area contributed by atoms with Crippen molar-refractivity contribution in [3.63, 3.8) is 0 Å². The third-order valence-electron chi connectivity index (χ3n) is 4.06. The molecule has 7 nitrogen and oxygen atoms in total. The van der Waals surface area contributed by atoms with Gasteiger partial charge < -0.3 is 20.1 Å². The van der Waals surface area contributed by atoms with Crippen LogP contribution in [0.3, 0.4) is 0 Å². The highest BCUT2D eigenvalue weighted by Crippen LogP contribution is 2.17. The first-order valence-corrected chi connectivity index (χ1v) is 12.6. The summed E-state index contributed by atoms with van der Waals surface area (Å²) in [6.45, 7) is 5.62. The molecule has 9 heteroatoms. The van der Waals surface area contributed by atoms with Gasteiger partial charge in [-0.25, -0.2) is 8.42 Å². The SMILES string of the molecule is CC(C)Oc1ccc(NC(=NCCCOc2ccccc2)NCCCS(C)(=O)=O)cc1.I. The van der Waals surface area contributed by atoms with E-state index < -0.39 is 9.84 Å². The number of rotatable bonds is 12. The van der Waals surface area contributed by atoms with Crippen molar-refractivity contribution in [1.29, 1.82) is 0 Å². The summed E-state index contributed by atoms with van der Waals surface area (Å²) < 4.78 is 34.0. The maximum Gasteiger partial charge on any atom is 0.195 e. The van der Waals surface area contributed by atoms with Crippen molar-refractivity contribution in [3.8, 4) is 11.5 Å². The number of nitrogens with one attached hydrogen (secondary N) is 2. The predicted molar refractivity (Wildman–Crippen MR) is 142 cm³/mol. The molecule has 0 aliphatic carbocycles. The van der Waals surface area contributed by atoms with Crippen molar-refractivity contribution in [2.75, 3.05) is 37.0 Å². The number of hydrogen-bond acceptors (Lipinski definition) is 5. The lowest BCUT2D eigenvalue weighted by molar-refractivity contribution is 0.242. The Kier molecular flexibility index (Phi) is 13.1. The molecule has 178 valence electrons. The minimum Gasteiger partial charge on any atom is -0.494 e. The molecule has 0 unspecified atom stereocenters. The topological polar surface area (TPSA) is 89.0 Å². The summed E-state index contributed by atoms with van der Waals surface area (Å²) >= 11 is 0. The summed E-state index contributed by atoms with van der Waals surface area (Å²) in [6.07, 6.45) is 2.63. The highest BCUT2D eigenvalue weighted by molar-refractivity contribution is 14.0. The molecule has 0 aliphatic rings. The Hall–Kier alpha value is -2.01. The van der Waals surface area contributed by atoms with Crippen molar-refractivity contribution in [3.05, 3.63) is 54.6 Å². The molecule has 0 aliphatic heterocycles. The normalized spacial score (nSPS) is 11.6. The molecule has 0 saturated carbocycles. The van der Waals surface area contributed by atoms with E-state index in [9.17, 15) is 8.42 Å². The number of guanidine groups is 1. The van der Waals surface area contributed by atoms with Crippen LogP contribution in [0.5, 0.6) is 11.5 Å². The number of aliphatic imine (C=N–C) groups is 1. The minimum atomic E-state index is -2.98. The molecular formula is C23H34IN3O4S. The van der Waals surface area contributed by atoms with E-state index in [1.165, 1.54) is 6.26 Å². The molecule has 0 aromatic heterocycles. The largest absolute Gasteiger partial charge is 0.494 e. The van der Waals surface area contributed by atoms with Crippen LogP contribution in [0.1, 0.15) is 26.7 Å². The first kappa shape index (κ1) is 28.0. The van der Waals surface area contributed by atoms with Crippen LogP contribution in [0.25, 0.3) is 0 Å². The number of nitrogens with zero attached hydrogens (tertiary/aromatic N) is 1. The monoisotopic (exact) mass is 575 g/mol. The number of halogens is 1. The Labute approximate surface area is 208 Å². The second-order valence-corrected chi connectivity index (χ2v) is 9.73. The van der Waals surface area contributed by atoms with Gasteiger partial charge >= 0.3 is 0 Å². The second kappa shape index (κ2) is 14.9. The van der Waals surface area contributed by atoms with Gasteiger partial charge in [-0.1, -0.05) is 18.2 Å². The van der Waals surface area contributed by atoms with Crippen LogP contribution >= 0.6 is 24.0 Å². The average molecular weight is 576 g/mol. The summed E-state index contributed by atoms with van der Waals surface area (Å²) in [5, 5.41) is 6.46. The third-order valence-corrected chi connectivity index (χ3v) is 5.09. The van der Waals surface area contributed by atoms with Crippen molar-refractivity contribution in [1.82, 2.24) is 5.32 Å². The molecule has 0 spiro atoms. The second-order valence-electron chi connectivity index (χ2n) is 7.47. The fourth-order valence-corrected chi connectivity index (χ4v) is 3.34. The van der Waals surface area contributed by atoms with Crippen LogP contribution in [0.15, 0.2) is 59.6 Å². The highest BCUT2D eigenvalue weighted by Gasteiger charge is 2.05. The van der Waals surface area contributed by atoms with Crippen molar-refractivity contribution < 1.29 is 17.9 Å². The molecule has 2 aromatic rings. The lowest BCUT2D eigenvalue weighted by atomic mass is 10.3. The third kappa shape index (κ3) is 12.7. The highest BCUT2D eigenvalue weighted by atomic mass is 127. The van der Waals surface area contributed by atoms with Gasteiger partial charge in [0.1, 0.15) is 21.3 Å². The van der Waals surface area contributed by atoms with Gasteiger partial charge in [-0.3, -0.25) is 4.99 Å². The fourth-order valence-electron chi connectivity index (χ4n) is 2.67. The van der Waals surface area contributed by atoms with E-state index in [2.05, 4.69) is 15.6 Å². The van der Waals surface area contributed by atoms with E-state index in [4.69, 9.17) is 9.47 Å². The van der Waals surface area contributed by atoms with Crippen molar-refractivity contribution >= 4 is 45.5 Å². The molecule has 2 N–H and O–H groups in total. The molecule has 0 bridgehead atoms. The Morgan fingerprint density at radius 2 is 1.69 bits per heavy atom. The first-order valence-electron chi connectivity index (χ1n) is 10.5. The molecule has 2 rings (SSSR count). The van der Waals surface area contributed by atoms with Crippen molar-refractivity contribution in [2.24, 2.45) is 4.99 Å². The van der Waals surface area contributed by atoms with E-state index in [0.29, 0.717) is 32.1 Å². The van der Waals surface area contributed by atoms with Gasteiger partial charge in [0.05, 0.1) is 18.5 Å². The van der Waals surface area contributed by atoms with Crippen LogP contribution in [0.2, 0.25) is 0 Å². The van der Waals surface area contributed by atoms with E-state index in [1.807, 2.05) is 68.4 Å². The van der Waals surface area contributed by atoms with E-state index >= 15 is 0 Å². The van der Waals surface area contributed by atoms with E-state index in [-0.39, 0.29) is 35.8 Å². The number of ether oxygens (including phenoxy) is 2. The molecule has 0 atom stereocenters. The lowest BCUT2D eigenvalue weighted by Gasteiger charge is -2.14. The molecule has 0 heterocycles. The number of para-hydroxylation sites is 1. The van der Waals surface area contributed by atoms with Gasteiger partial charge in [0.15, 0.2) is 5.96 Å². The van der Waals surface area contributed by atoms with Gasteiger partial charge in [0.25, 0.3) is 0 Å².